The average Bonchev–Trinajstić information content (AvgIpc) is 2.80. The fourth-order valence-corrected chi connectivity index (χ4v) is 3.25. The van der Waals surface area contributed by atoms with Gasteiger partial charge < -0.3 is 10.1 Å². The highest BCUT2D eigenvalue weighted by atomic mass is 35.5. The molecule has 4 rings (SSSR count). The average molecular weight is 457 g/mol. The highest BCUT2D eigenvalue weighted by molar-refractivity contribution is 6.31. The van der Waals surface area contributed by atoms with Crippen molar-refractivity contribution in [2.45, 2.75) is 6.92 Å². The van der Waals surface area contributed by atoms with Gasteiger partial charge in [-0.3, -0.25) is 14.0 Å². The standard InChI is InChI=1S/C25H17ClN4O3/c1-16-8-10-20(11-9-16)33-24-21(25(32)30-12-3-2-7-22(30)29-24)13-17(15-27)23(31)28-19-6-4-5-18(26)14-19/h2-14H,1H3,(H,28,31)/b17-13-. The van der Waals surface area contributed by atoms with Gasteiger partial charge in [-0.25, -0.2) is 0 Å². The van der Waals surface area contributed by atoms with E-state index in [9.17, 15) is 14.9 Å². The number of aromatic nitrogens is 2. The number of hydrogen-bond acceptors (Lipinski definition) is 5. The molecule has 0 bridgehead atoms. The number of hydrogen-bond donors (Lipinski definition) is 1. The molecule has 0 spiro atoms. The van der Waals surface area contributed by atoms with E-state index in [0.29, 0.717) is 22.1 Å². The first-order chi connectivity index (χ1) is 15.9. The molecule has 0 unspecified atom stereocenters. The van der Waals surface area contributed by atoms with Crippen molar-refractivity contribution < 1.29 is 9.53 Å². The molecule has 0 aliphatic heterocycles. The van der Waals surface area contributed by atoms with E-state index >= 15 is 0 Å². The number of amides is 1. The molecule has 1 amide bonds. The van der Waals surface area contributed by atoms with E-state index in [1.807, 2.05) is 25.1 Å². The summed E-state index contributed by atoms with van der Waals surface area (Å²) in [6, 6.07) is 20.6. The smallest absolute Gasteiger partial charge is 0.269 e. The third kappa shape index (κ3) is 4.92. The van der Waals surface area contributed by atoms with Crippen LogP contribution in [0.25, 0.3) is 11.7 Å². The van der Waals surface area contributed by atoms with E-state index < -0.39 is 11.5 Å². The van der Waals surface area contributed by atoms with Crippen LogP contribution in [-0.4, -0.2) is 15.3 Å². The molecular formula is C25H17ClN4O3. The summed E-state index contributed by atoms with van der Waals surface area (Å²) in [6.45, 7) is 1.94. The number of carbonyl (C=O) groups is 1. The lowest BCUT2D eigenvalue weighted by molar-refractivity contribution is -0.112. The number of nitriles is 1. The number of pyridine rings is 1. The topological polar surface area (TPSA) is 96.5 Å². The molecule has 0 saturated carbocycles. The Morgan fingerprint density at radius 3 is 2.67 bits per heavy atom. The number of aryl methyl sites for hydroxylation is 1. The third-order valence-electron chi connectivity index (χ3n) is 4.71. The molecular weight excluding hydrogens is 440 g/mol. The Hall–Kier alpha value is -4.41. The van der Waals surface area contributed by atoms with Crippen molar-refractivity contribution in [3.05, 3.63) is 105 Å². The summed E-state index contributed by atoms with van der Waals surface area (Å²) in [5.74, 6) is -0.249. The second-order valence-electron chi connectivity index (χ2n) is 7.11. The fourth-order valence-electron chi connectivity index (χ4n) is 3.06. The zero-order valence-electron chi connectivity index (χ0n) is 17.4. The van der Waals surface area contributed by atoms with Crippen LogP contribution in [0.5, 0.6) is 11.6 Å². The third-order valence-corrected chi connectivity index (χ3v) is 4.94. The molecule has 8 heteroatoms. The first-order valence-corrected chi connectivity index (χ1v) is 10.3. The van der Waals surface area contributed by atoms with E-state index in [0.717, 1.165) is 5.56 Å². The summed E-state index contributed by atoms with van der Waals surface area (Å²) in [5.41, 5.74) is 1.02. The Balaban J connectivity index is 1.79. The van der Waals surface area contributed by atoms with Crippen molar-refractivity contribution in [1.82, 2.24) is 9.38 Å². The van der Waals surface area contributed by atoms with Crippen LogP contribution in [0.15, 0.2) is 83.3 Å². The predicted molar refractivity (Wildman–Crippen MR) is 126 cm³/mol. The molecule has 2 aromatic heterocycles. The Bertz CT molecular complexity index is 1480. The quantitative estimate of drug-likeness (QED) is 0.337. The van der Waals surface area contributed by atoms with E-state index in [2.05, 4.69) is 10.3 Å². The van der Waals surface area contributed by atoms with Crippen LogP contribution in [0, 0.1) is 18.3 Å². The Labute approximate surface area is 194 Å². The Morgan fingerprint density at radius 1 is 1.15 bits per heavy atom. The maximum Gasteiger partial charge on any atom is 0.269 e. The monoisotopic (exact) mass is 456 g/mol. The van der Waals surface area contributed by atoms with Gasteiger partial charge in [0, 0.05) is 16.9 Å². The zero-order valence-corrected chi connectivity index (χ0v) is 18.2. The van der Waals surface area contributed by atoms with Crippen LogP contribution in [0.4, 0.5) is 5.69 Å². The van der Waals surface area contributed by atoms with Crippen LogP contribution in [0.2, 0.25) is 5.02 Å². The van der Waals surface area contributed by atoms with Gasteiger partial charge in [0.2, 0.25) is 5.88 Å². The van der Waals surface area contributed by atoms with Crippen LogP contribution >= 0.6 is 11.6 Å². The van der Waals surface area contributed by atoms with E-state index in [1.165, 1.54) is 10.5 Å². The largest absolute Gasteiger partial charge is 0.438 e. The number of fused-ring (bicyclic) bond motifs is 1. The SMILES string of the molecule is Cc1ccc(Oc2nc3ccccn3c(=O)c2/C=C(/C#N)C(=O)Nc2cccc(Cl)c2)cc1. The van der Waals surface area contributed by atoms with Crippen molar-refractivity contribution in [2.75, 3.05) is 5.32 Å². The minimum Gasteiger partial charge on any atom is -0.438 e. The van der Waals surface area contributed by atoms with Crippen molar-refractivity contribution in [2.24, 2.45) is 0 Å². The second-order valence-corrected chi connectivity index (χ2v) is 7.55. The predicted octanol–water partition coefficient (Wildman–Crippen LogP) is 4.99. The lowest BCUT2D eigenvalue weighted by atomic mass is 10.1. The van der Waals surface area contributed by atoms with Gasteiger partial charge >= 0.3 is 0 Å². The number of carbonyl (C=O) groups excluding carboxylic acids is 1. The molecule has 0 aliphatic carbocycles. The minimum atomic E-state index is -0.696. The normalized spacial score (nSPS) is 11.1. The molecule has 33 heavy (non-hydrogen) atoms. The number of halogens is 1. The number of benzene rings is 2. The highest BCUT2D eigenvalue weighted by Gasteiger charge is 2.17. The number of nitrogens with zero attached hydrogens (tertiary/aromatic N) is 3. The molecule has 0 aliphatic rings. The summed E-state index contributed by atoms with van der Waals surface area (Å²) in [6.07, 6.45) is 2.73. The number of rotatable bonds is 5. The van der Waals surface area contributed by atoms with Gasteiger partial charge in [0.05, 0.1) is 0 Å². The number of anilines is 1. The summed E-state index contributed by atoms with van der Waals surface area (Å²) >= 11 is 5.96. The Morgan fingerprint density at radius 2 is 1.94 bits per heavy atom. The van der Waals surface area contributed by atoms with Crippen LogP contribution in [-0.2, 0) is 4.79 Å². The second kappa shape index (κ2) is 9.39. The molecule has 0 atom stereocenters. The molecule has 2 aromatic carbocycles. The minimum absolute atomic E-state index is 0.0154. The van der Waals surface area contributed by atoms with Crippen LogP contribution in [0.1, 0.15) is 11.1 Å². The fraction of sp³-hybridized carbons (Fsp3) is 0.0400. The summed E-state index contributed by atoms with van der Waals surface area (Å²) < 4.78 is 7.20. The summed E-state index contributed by atoms with van der Waals surface area (Å²) in [5, 5.41) is 12.7. The first kappa shape index (κ1) is 21.8. The van der Waals surface area contributed by atoms with Gasteiger partial charge in [-0.2, -0.15) is 10.2 Å². The molecule has 4 aromatic rings. The van der Waals surface area contributed by atoms with Crippen molar-refractivity contribution in [3.8, 4) is 17.7 Å². The summed E-state index contributed by atoms with van der Waals surface area (Å²) in [7, 11) is 0. The van der Waals surface area contributed by atoms with Crippen molar-refractivity contribution in [1.29, 1.82) is 5.26 Å². The molecule has 0 fully saturated rings. The van der Waals surface area contributed by atoms with Gasteiger partial charge in [0.25, 0.3) is 11.5 Å². The lowest BCUT2D eigenvalue weighted by Crippen LogP contribution is -2.20. The molecule has 0 saturated heterocycles. The van der Waals surface area contributed by atoms with Crippen LogP contribution in [0.3, 0.4) is 0 Å². The van der Waals surface area contributed by atoms with Gasteiger partial charge in [0.1, 0.15) is 28.6 Å². The zero-order chi connectivity index (χ0) is 23.4. The lowest BCUT2D eigenvalue weighted by Gasteiger charge is -2.10. The molecule has 1 N–H and O–H groups in total. The summed E-state index contributed by atoms with van der Waals surface area (Å²) in [4.78, 5) is 30.4. The van der Waals surface area contributed by atoms with E-state index in [1.54, 1.807) is 60.8 Å². The van der Waals surface area contributed by atoms with Crippen molar-refractivity contribution >= 4 is 34.9 Å². The van der Waals surface area contributed by atoms with Crippen LogP contribution < -0.4 is 15.6 Å². The van der Waals surface area contributed by atoms with E-state index in [-0.39, 0.29) is 17.0 Å². The molecule has 7 nitrogen and oxygen atoms in total. The Kier molecular flexibility index (Phi) is 6.20. The molecule has 162 valence electrons. The molecule has 2 heterocycles. The first-order valence-electron chi connectivity index (χ1n) is 9.89. The van der Waals surface area contributed by atoms with Gasteiger partial charge in [-0.15, -0.1) is 0 Å². The van der Waals surface area contributed by atoms with Gasteiger partial charge in [-0.1, -0.05) is 41.4 Å². The maximum atomic E-state index is 13.2. The molecule has 0 radical (unpaired) electrons. The van der Waals surface area contributed by atoms with Gasteiger partial charge in [-0.05, 0) is 55.5 Å². The number of ether oxygens (including phenoxy) is 1. The highest BCUT2D eigenvalue weighted by Crippen LogP contribution is 2.24. The van der Waals surface area contributed by atoms with Gasteiger partial charge in [0.15, 0.2) is 0 Å². The maximum absolute atomic E-state index is 13.2. The van der Waals surface area contributed by atoms with E-state index in [4.69, 9.17) is 16.3 Å². The van der Waals surface area contributed by atoms with Crippen molar-refractivity contribution in [3.63, 3.8) is 0 Å². The number of nitrogens with one attached hydrogen (secondary N) is 1.